The van der Waals surface area contributed by atoms with E-state index in [4.69, 9.17) is 16.3 Å². The monoisotopic (exact) mass is 302 g/mol. The van der Waals surface area contributed by atoms with Gasteiger partial charge < -0.3 is 15.4 Å². The van der Waals surface area contributed by atoms with Gasteiger partial charge in [0.2, 0.25) is 0 Å². The molecule has 0 spiro atoms. The molecule has 0 aliphatic rings. The highest BCUT2D eigenvalue weighted by atomic mass is 35.5. The molecule has 0 unspecified atom stereocenters. The van der Waals surface area contributed by atoms with Gasteiger partial charge in [0, 0.05) is 33.3 Å². The van der Waals surface area contributed by atoms with Crippen molar-refractivity contribution in [1.82, 2.24) is 15.1 Å². The Morgan fingerprint density at radius 2 is 2.20 bits per heavy atom. The maximum Gasteiger partial charge on any atom is 0.287 e. The molecular formula is C13H23ClN4O2. The van der Waals surface area contributed by atoms with Crippen LogP contribution in [0.3, 0.4) is 0 Å². The number of aryl methyl sites for hydroxylation is 1. The van der Waals surface area contributed by atoms with E-state index in [1.807, 2.05) is 0 Å². The fourth-order valence-corrected chi connectivity index (χ4v) is 1.85. The molecule has 6 nitrogen and oxygen atoms in total. The van der Waals surface area contributed by atoms with Crippen molar-refractivity contribution in [3.8, 4) is 0 Å². The summed E-state index contributed by atoms with van der Waals surface area (Å²) in [7, 11) is 1.67. The van der Waals surface area contributed by atoms with Crippen molar-refractivity contribution in [1.29, 1.82) is 0 Å². The third-order valence-electron chi connectivity index (χ3n) is 2.81. The van der Waals surface area contributed by atoms with Gasteiger partial charge >= 0.3 is 0 Å². The minimum atomic E-state index is -0.238. The molecule has 0 amide bonds. The lowest BCUT2D eigenvalue weighted by Crippen LogP contribution is -2.27. The summed E-state index contributed by atoms with van der Waals surface area (Å²) in [6.45, 7) is 5.58. The lowest BCUT2D eigenvalue weighted by molar-refractivity contribution is 0.200. The Morgan fingerprint density at radius 3 is 2.90 bits per heavy atom. The standard InChI is InChI=1S/C13H23ClN4O2/c1-3-4-8-18-13(19)12(14)11(10-17-18)16-6-5-15-7-9-20-2/h10,15-16H,3-9H2,1-2H3. The van der Waals surface area contributed by atoms with Gasteiger partial charge in [0.15, 0.2) is 0 Å². The number of unbranched alkanes of at least 4 members (excludes halogenated alkanes) is 1. The van der Waals surface area contributed by atoms with Crippen LogP contribution in [0.5, 0.6) is 0 Å². The minimum Gasteiger partial charge on any atom is -0.383 e. The van der Waals surface area contributed by atoms with Gasteiger partial charge in [0.1, 0.15) is 5.02 Å². The predicted octanol–water partition coefficient (Wildman–Crippen LogP) is 1.34. The zero-order valence-electron chi connectivity index (χ0n) is 12.1. The van der Waals surface area contributed by atoms with Crippen LogP contribution < -0.4 is 16.2 Å². The zero-order chi connectivity index (χ0) is 14.8. The van der Waals surface area contributed by atoms with Crippen LogP contribution in [0.15, 0.2) is 11.0 Å². The maximum atomic E-state index is 12.0. The molecule has 1 aromatic rings. The normalized spacial score (nSPS) is 10.8. The van der Waals surface area contributed by atoms with Crippen molar-refractivity contribution >= 4 is 17.3 Å². The number of hydrogen-bond acceptors (Lipinski definition) is 5. The van der Waals surface area contributed by atoms with Gasteiger partial charge in [0.05, 0.1) is 18.5 Å². The Balaban J connectivity index is 2.47. The second kappa shape index (κ2) is 9.74. The van der Waals surface area contributed by atoms with E-state index in [0.29, 0.717) is 25.4 Å². The van der Waals surface area contributed by atoms with Gasteiger partial charge in [-0.2, -0.15) is 5.10 Å². The molecule has 114 valence electrons. The first kappa shape index (κ1) is 16.9. The third-order valence-corrected chi connectivity index (χ3v) is 3.17. The van der Waals surface area contributed by atoms with Gasteiger partial charge in [-0.1, -0.05) is 24.9 Å². The Labute approximate surface area is 124 Å². The summed E-state index contributed by atoms with van der Waals surface area (Å²) >= 11 is 6.06. The van der Waals surface area contributed by atoms with Gasteiger partial charge in [-0.25, -0.2) is 4.68 Å². The van der Waals surface area contributed by atoms with Crippen molar-refractivity contribution in [3.63, 3.8) is 0 Å². The number of hydrogen-bond donors (Lipinski definition) is 2. The molecule has 1 rings (SSSR count). The molecule has 0 aliphatic heterocycles. The highest BCUT2D eigenvalue weighted by molar-refractivity contribution is 6.32. The van der Waals surface area contributed by atoms with Crippen molar-refractivity contribution in [3.05, 3.63) is 21.6 Å². The lowest BCUT2D eigenvalue weighted by Gasteiger charge is -2.10. The molecule has 1 aromatic heterocycles. The van der Waals surface area contributed by atoms with Gasteiger partial charge in [-0.3, -0.25) is 4.79 Å². The Hall–Kier alpha value is -1.11. The number of ether oxygens (including phenoxy) is 1. The van der Waals surface area contributed by atoms with Gasteiger partial charge in [0.25, 0.3) is 5.56 Å². The van der Waals surface area contributed by atoms with E-state index >= 15 is 0 Å². The van der Waals surface area contributed by atoms with Crippen molar-refractivity contribution in [2.24, 2.45) is 0 Å². The second-order valence-corrected chi connectivity index (χ2v) is 4.80. The lowest BCUT2D eigenvalue weighted by atomic mass is 10.3. The second-order valence-electron chi connectivity index (χ2n) is 4.42. The molecule has 0 aromatic carbocycles. The summed E-state index contributed by atoms with van der Waals surface area (Å²) in [5.41, 5.74) is 0.343. The number of rotatable bonds is 10. The maximum absolute atomic E-state index is 12.0. The van der Waals surface area contributed by atoms with Crippen LogP contribution in [0.4, 0.5) is 5.69 Å². The molecule has 2 N–H and O–H groups in total. The minimum absolute atomic E-state index is 0.202. The molecule has 0 atom stereocenters. The number of nitrogens with one attached hydrogen (secondary N) is 2. The zero-order valence-corrected chi connectivity index (χ0v) is 12.9. The van der Waals surface area contributed by atoms with Crippen LogP contribution in [-0.4, -0.2) is 43.1 Å². The molecule has 0 aliphatic carbocycles. The molecule has 7 heteroatoms. The first-order valence-electron chi connectivity index (χ1n) is 6.89. The largest absolute Gasteiger partial charge is 0.383 e. The Morgan fingerprint density at radius 1 is 1.40 bits per heavy atom. The van der Waals surface area contributed by atoms with Crippen LogP contribution in [-0.2, 0) is 11.3 Å². The number of halogens is 1. The van der Waals surface area contributed by atoms with E-state index in [0.717, 1.165) is 25.9 Å². The van der Waals surface area contributed by atoms with E-state index in [9.17, 15) is 4.79 Å². The average molecular weight is 303 g/mol. The van der Waals surface area contributed by atoms with Gasteiger partial charge in [-0.15, -0.1) is 0 Å². The average Bonchev–Trinajstić information content (AvgIpc) is 2.46. The molecule has 1 heterocycles. The van der Waals surface area contributed by atoms with Crippen LogP contribution in [0, 0.1) is 0 Å². The summed E-state index contributed by atoms with van der Waals surface area (Å²) in [6, 6.07) is 0. The summed E-state index contributed by atoms with van der Waals surface area (Å²) in [5, 5.41) is 10.6. The molecule has 0 fully saturated rings. The highest BCUT2D eigenvalue weighted by Gasteiger charge is 2.08. The van der Waals surface area contributed by atoms with E-state index in [2.05, 4.69) is 22.7 Å². The summed E-state index contributed by atoms with van der Waals surface area (Å²) in [4.78, 5) is 12.0. The quantitative estimate of drug-likeness (QED) is 0.639. The van der Waals surface area contributed by atoms with Crippen molar-refractivity contribution in [2.75, 3.05) is 38.7 Å². The molecular weight excluding hydrogens is 280 g/mol. The molecule has 20 heavy (non-hydrogen) atoms. The van der Waals surface area contributed by atoms with Crippen LogP contribution in [0.2, 0.25) is 5.02 Å². The number of anilines is 1. The Kier molecular flexibility index (Phi) is 8.25. The van der Waals surface area contributed by atoms with Crippen LogP contribution in [0.25, 0.3) is 0 Å². The number of aromatic nitrogens is 2. The summed E-state index contributed by atoms with van der Waals surface area (Å²) < 4.78 is 6.34. The summed E-state index contributed by atoms with van der Waals surface area (Å²) in [6.07, 6.45) is 3.53. The topological polar surface area (TPSA) is 68.2 Å². The number of methoxy groups -OCH3 is 1. The van der Waals surface area contributed by atoms with Crippen LogP contribution in [0.1, 0.15) is 19.8 Å². The molecule has 0 bridgehead atoms. The van der Waals surface area contributed by atoms with Gasteiger partial charge in [-0.05, 0) is 6.42 Å². The predicted molar refractivity (Wildman–Crippen MR) is 81.7 cm³/mol. The number of nitrogens with zero attached hydrogens (tertiary/aromatic N) is 2. The Bertz CT molecular complexity index is 450. The van der Waals surface area contributed by atoms with E-state index in [-0.39, 0.29) is 10.6 Å². The van der Waals surface area contributed by atoms with E-state index in [1.54, 1.807) is 13.3 Å². The van der Waals surface area contributed by atoms with Crippen LogP contribution >= 0.6 is 11.6 Å². The smallest absolute Gasteiger partial charge is 0.287 e. The SMILES string of the molecule is CCCCn1ncc(NCCNCCOC)c(Cl)c1=O. The van der Waals surface area contributed by atoms with Crippen molar-refractivity contribution < 1.29 is 4.74 Å². The summed E-state index contributed by atoms with van der Waals surface area (Å²) in [5.74, 6) is 0. The van der Waals surface area contributed by atoms with Crippen molar-refractivity contribution in [2.45, 2.75) is 26.3 Å². The van der Waals surface area contributed by atoms with E-state index < -0.39 is 0 Å². The third kappa shape index (κ3) is 5.48. The fraction of sp³-hybridized carbons (Fsp3) is 0.692. The first-order valence-corrected chi connectivity index (χ1v) is 7.27. The molecule has 0 radical (unpaired) electrons. The molecule has 0 saturated heterocycles. The molecule has 0 saturated carbocycles. The van der Waals surface area contributed by atoms with E-state index in [1.165, 1.54) is 4.68 Å². The fourth-order valence-electron chi connectivity index (χ4n) is 1.64. The first-order chi connectivity index (χ1) is 9.70. The highest BCUT2D eigenvalue weighted by Crippen LogP contribution is 2.14.